The molecule has 0 saturated carbocycles. The summed E-state index contributed by atoms with van der Waals surface area (Å²) in [6.45, 7) is 0. The molecule has 9 heteroatoms. The molecule has 0 unspecified atom stereocenters. The van der Waals surface area contributed by atoms with Gasteiger partial charge in [0.1, 0.15) is 10.8 Å². The van der Waals surface area contributed by atoms with Crippen LogP contribution in [0.5, 0.6) is 5.75 Å². The van der Waals surface area contributed by atoms with Gasteiger partial charge >= 0.3 is 6.36 Å². The van der Waals surface area contributed by atoms with Crippen molar-refractivity contribution in [1.82, 2.24) is 9.97 Å². The number of benzene rings is 1. The highest BCUT2D eigenvalue weighted by molar-refractivity contribution is 6.32. The zero-order valence-corrected chi connectivity index (χ0v) is 10.5. The minimum atomic E-state index is -4.72. The Balaban J connectivity index is 2.13. The molecule has 5 nitrogen and oxygen atoms in total. The summed E-state index contributed by atoms with van der Waals surface area (Å²) in [7, 11) is 0. The van der Waals surface area contributed by atoms with Gasteiger partial charge in [-0.05, 0) is 24.3 Å². The van der Waals surface area contributed by atoms with Crippen LogP contribution in [-0.2, 0) is 0 Å². The van der Waals surface area contributed by atoms with Gasteiger partial charge in [0.15, 0.2) is 5.82 Å². The summed E-state index contributed by atoms with van der Waals surface area (Å²) in [5.41, 5.74) is 5.88. The van der Waals surface area contributed by atoms with Crippen molar-refractivity contribution in [3.63, 3.8) is 0 Å². The molecule has 2 rings (SSSR count). The van der Waals surface area contributed by atoms with Gasteiger partial charge in [-0.2, -0.15) is 4.98 Å². The molecular formula is C11H8ClF3N4O. The molecule has 0 saturated heterocycles. The number of nitrogens with zero attached hydrogens (tertiary/aromatic N) is 2. The number of halogens is 4. The van der Waals surface area contributed by atoms with E-state index in [1.54, 1.807) is 0 Å². The molecule has 106 valence electrons. The Labute approximate surface area is 116 Å². The number of alkyl halides is 3. The smallest absolute Gasteiger partial charge is 0.406 e. The fourth-order valence-corrected chi connectivity index (χ4v) is 1.48. The van der Waals surface area contributed by atoms with Crippen LogP contribution in [0, 0.1) is 0 Å². The summed E-state index contributed by atoms with van der Waals surface area (Å²) in [5, 5.41) is 3.03. The highest BCUT2D eigenvalue weighted by Crippen LogP contribution is 2.27. The van der Waals surface area contributed by atoms with Crippen molar-refractivity contribution in [3.8, 4) is 5.75 Å². The van der Waals surface area contributed by atoms with Crippen LogP contribution in [0.2, 0.25) is 5.02 Å². The number of rotatable bonds is 3. The summed E-state index contributed by atoms with van der Waals surface area (Å²) in [6, 6.07) is 5.09. The Bertz CT molecular complexity index is 604. The Morgan fingerprint density at radius 2 is 1.85 bits per heavy atom. The van der Waals surface area contributed by atoms with Gasteiger partial charge in [0.25, 0.3) is 0 Å². The van der Waals surface area contributed by atoms with E-state index in [0.29, 0.717) is 5.69 Å². The fraction of sp³-hybridized carbons (Fsp3) is 0.0909. The second kappa shape index (κ2) is 5.41. The zero-order chi connectivity index (χ0) is 14.8. The first-order chi connectivity index (χ1) is 9.33. The van der Waals surface area contributed by atoms with E-state index in [1.807, 2.05) is 0 Å². The van der Waals surface area contributed by atoms with E-state index in [2.05, 4.69) is 20.0 Å². The van der Waals surface area contributed by atoms with Gasteiger partial charge < -0.3 is 15.8 Å². The lowest BCUT2D eigenvalue weighted by atomic mass is 10.3. The third-order valence-electron chi connectivity index (χ3n) is 2.11. The van der Waals surface area contributed by atoms with Crippen molar-refractivity contribution in [1.29, 1.82) is 0 Å². The van der Waals surface area contributed by atoms with Crippen molar-refractivity contribution in [2.75, 3.05) is 11.1 Å². The molecule has 0 aliphatic rings. The Morgan fingerprint density at radius 1 is 1.20 bits per heavy atom. The van der Waals surface area contributed by atoms with Crippen LogP contribution in [0.1, 0.15) is 0 Å². The second-order valence-corrected chi connectivity index (χ2v) is 4.03. The predicted octanol–water partition coefficient (Wildman–Crippen LogP) is 3.35. The molecule has 0 radical (unpaired) electrons. The summed E-state index contributed by atoms with van der Waals surface area (Å²) in [5.74, 6) is -0.0473. The first-order valence-corrected chi connectivity index (χ1v) is 5.62. The van der Waals surface area contributed by atoms with Crippen LogP contribution in [-0.4, -0.2) is 16.3 Å². The van der Waals surface area contributed by atoms with Gasteiger partial charge in [0.2, 0.25) is 5.95 Å². The molecule has 3 N–H and O–H groups in total. The van der Waals surface area contributed by atoms with Crippen molar-refractivity contribution >= 4 is 29.1 Å². The van der Waals surface area contributed by atoms with Gasteiger partial charge in [0, 0.05) is 5.69 Å². The molecule has 0 amide bonds. The number of nitrogens with one attached hydrogen (secondary N) is 1. The molecule has 0 fully saturated rings. The lowest BCUT2D eigenvalue weighted by molar-refractivity contribution is -0.274. The Hall–Kier alpha value is -2.22. The fourth-order valence-electron chi connectivity index (χ4n) is 1.35. The van der Waals surface area contributed by atoms with E-state index >= 15 is 0 Å². The highest BCUT2D eigenvalue weighted by Gasteiger charge is 2.30. The highest BCUT2D eigenvalue weighted by atomic mass is 35.5. The molecular weight excluding hydrogens is 297 g/mol. The quantitative estimate of drug-likeness (QED) is 0.909. The van der Waals surface area contributed by atoms with E-state index < -0.39 is 6.36 Å². The number of ether oxygens (including phenoxy) is 1. The first kappa shape index (κ1) is 14.2. The lowest BCUT2D eigenvalue weighted by Crippen LogP contribution is -2.16. The zero-order valence-electron chi connectivity index (χ0n) is 9.78. The van der Waals surface area contributed by atoms with E-state index in [0.717, 1.165) is 12.1 Å². The van der Waals surface area contributed by atoms with Crippen LogP contribution < -0.4 is 15.8 Å². The maximum absolute atomic E-state index is 12.0. The van der Waals surface area contributed by atoms with E-state index in [9.17, 15) is 13.2 Å². The normalized spacial score (nSPS) is 11.2. The molecule has 0 atom stereocenters. The minimum Gasteiger partial charge on any atom is -0.406 e. The average Bonchev–Trinajstić information content (AvgIpc) is 2.34. The van der Waals surface area contributed by atoms with Crippen molar-refractivity contribution < 1.29 is 17.9 Å². The average molecular weight is 305 g/mol. The number of nitrogens with two attached hydrogens (primary N) is 1. The Kier molecular flexibility index (Phi) is 3.84. The molecule has 0 bridgehead atoms. The maximum atomic E-state index is 12.0. The number of anilines is 3. The van der Waals surface area contributed by atoms with Gasteiger partial charge in [-0.25, -0.2) is 4.98 Å². The van der Waals surface area contributed by atoms with E-state index in [1.165, 1.54) is 18.3 Å². The van der Waals surface area contributed by atoms with Gasteiger partial charge in [-0.1, -0.05) is 11.6 Å². The van der Waals surface area contributed by atoms with Crippen LogP contribution in [0.3, 0.4) is 0 Å². The molecule has 0 spiro atoms. The molecule has 0 aliphatic carbocycles. The Morgan fingerprint density at radius 3 is 2.45 bits per heavy atom. The van der Waals surface area contributed by atoms with Gasteiger partial charge in [0.05, 0.1) is 6.20 Å². The van der Waals surface area contributed by atoms with Crippen molar-refractivity contribution in [2.24, 2.45) is 0 Å². The predicted molar refractivity (Wildman–Crippen MR) is 67.9 cm³/mol. The second-order valence-electron chi connectivity index (χ2n) is 3.62. The first-order valence-electron chi connectivity index (χ1n) is 5.24. The summed E-state index contributed by atoms with van der Waals surface area (Å²) >= 11 is 5.85. The number of hydrogen-bond acceptors (Lipinski definition) is 5. The van der Waals surface area contributed by atoms with Crippen LogP contribution in [0.4, 0.5) is 30.6 Å². The van der Waals surface area contributed by atoms with Gasteiger partial charge in [-0.15, -0.1) is 13.2 Å². The topological polar surface area (TPSA) is 73.1 Å². The van der Waals surface area contributed by atoms with Crippen LogP contribution >= 0.6 is 11.6 Å². The van der Waals surface area contributed by atoms with Crippen molar-refractivity contribution in [2.45, 2.75) is 6.36 Å². The summed E-state index contributed by atoms with van der Waals surface area (Å²) < 4.78 is 39.8. The third-order valence-corrected chi connectivity index (χ3v) is 2.39. The van der Waals surface area contributed by atoms with E-state index in [-0.39, 0.29) is 22.5 Å². The van der Waals surface area contributed by atoms with Crippen molar-refractivity contribution in [3.05, 3.63) is 35.5 Å². The summed E-state index contributed by atoms with van der Waals surface area (Å²) in [6.07, 6.45) is -3.41. The number of aromatic nitrogens is 2. The summed E-state index contributed by atoms with van der Waals surface area (Å²) in [4.78, 5) is 7.55. The molecule has 1 aromatic heterocycles. The monoisotopic (exact) mass is 304 g/mol. The molecule has 2 aromatic rings. The SMILES string of the molecule is Nc1ncc(Cl)c(Nc2ccc(OC(F)(F)F)cc2)n1. The largest absolute Gasteiger partial charge is 0.573 e. The number of hydrogen-bond donors (Lipinski definition) is 2. The minimum absolute atomic E-state index is 0.0222. The molecule has 1 heterocycles. The van der Waals surface area contributed by atoms with Gasteiger partial charge in [-0.3, -0.25) is 0 Å². The van der Waals surface area contributed by atoms with Crippen LogP contribution in [0.15, 0.2) is 30.5 Å². The number of nitrogen functional groups attached to an aromatic ring is 1. The molecule has 1 aromatic carbocycles. The lowest BCUT2D eigenvalue weighted by Gasteiger charge is -2.10. The molecule has 20 heavy (non-hydrogen) atoms. The maximum Gasteiger partial charge on any atom is 0.573 e. The molecule has 0 aliphatic heterocycles. The standard InChI is InChI=1S/C11H8ClF3N4O/c12-8-5-17-10(16)19-9(8)18-6-1-3-7(4-2-6)20-11(13,14)15/h1-5H,(H3,16,17,18,19). The third kappa shape index (κ3) is 3.89. The van der Waals surface area contributed by atoms with Crippen LogP contribution in [0.25, 0.3) is 0 Å². The van der Waals surface area contributed by atoms with E-state index in [4.69, 9.17) is 17.3 Å².